The molecule has 2 saturated heterocycles. The number of hydrogen-bond acceptors (Lipinski definition) is 4. The van der Waals surface area contributed by atoms with Gasteiger partial charge in [-0.2, -0.15) is 5.10 Å². The van der Waals surface area contributed by atoms with E-state index in [2.05, 4.69) is 34.2 Å². The van der Waals surface area contributed by atoms with Gasteiger partial charge in [0, 0.05) is 57.1 Å². The number of hydrogen-bond donors (Lipinski definition) is 2. The number of nitrogens with zero attached hydrogens (tertiary/aromatic N) is 4. The first-order valence-corrected chi connectivity index (χ1v) is 10.5. The van der Waals surface area contributed by atoms with E-state index in [9.17, 15) is 9.59 Å². The summed E-state index contributed by atoms with van der Waals surface area (Å²) in [5, 5.41) is 8.11. The van der Waals surface area contributed by atoms with Gasteiger partial charge in [0.2, 0.25) is 5.91 Å². The van der Waals surface area contributed by atoms with Crippen molar-refractivity contribution in [3.05, 3.63) is 30.0 Å². The van der Waals surface area contributed by atoms with Gasteiger partial charge in [-0.25, -0.2) is 4.79 Å². The van der Waals surface area contributed by atoms with E-state index in [1.54, 1.807) is 4.90 Å². The number of aromatic amines is 1. The lowest BCUT2D eigenvalue weighted by atomic mass is 9.95. The quantitative estimate of drug-likeness (QED) is 0.820. The number of rotatable bonds is 4. The van der Waals surface area contributed by atoms with Crippen LogP contribution in [0, 0.1) is 0 Å². The summed E-state index contributed by atoms with van der Waals surface area (Å²) in [4.78, 5) is 30.3. The van der Waals surface area contributed by atoms with Crippen molar-refractivity contribution in [3.8, 4) is 0 Å². The molecule has 2 aromatic rings. The van der Waals surface area contributed by atoms with Crippen molar-refractivity contribution in [2.45, 2.75) is 38.1 Å². The molecule has 2 aliphatic heterocycles. The predicted molar refractivity (Wildman–Crippen MR) is 111 cm³/mol. The molecule has 1 aromatic carbocycles. The highest BCUT2D eigenvalue weighted by Gasteiger charge is 2.30. The van der Waals surface area contributed by atoms with E-state index >= 15 is 0 Å². The molecule has 1 aromatic heterocycles. The first-order valence-electron chi connectivity index (χ1n) is 10.5. The number of benzene rings is 1. The van der Waals surface area contributed by atoms with Crippen LogP contribution in [-0.4, -0.2) is 82.1 Å². The molecule has 3 N–H and O–H groups in total. The maximum absolute atomic E-state index is 12.8. The van der Waals surface area contributed by atoms with Crippen molar-refractivity contribution in [1.82, 2.24) is 24.9 Å². The molecular formula is C21H30N6O2. The second kappa shape index (κ2) is 8.41. The minimum absolute atomic E-state index is 0.182. The number of fused-ring (bicyclic) bond motifs is 1. The zero-order chi connectivity index (χ0) is 20.4. The van der Waals surface area contributed by atoms with E-state index in [0.717, 1.165) is 49.9 Å². The van der Waals surface area contributed by atoms with Crippen LogP contribution in [0.15, 0.2) is 24.4 Å². The molecule has 2 fully saturated rings. The third kappa shape index (κ3) is 4.37. The summed E-state index contributed by atoms with van der Waals surface area (Å²) in [6.45, 7) is 6.88. The second-order valence-corrected chi connectivity index (χ2v) is 8.30. The molecule has 0 spiro atoms. The topological polar surface area (TPSA) is 98.6 Å². The third-order valence-electron chi connectivity index (χ3n) is 6.47. The fourth-order valence-corrected chi connectivity index (χ4v) is 4.56. The Kier molecular flexibility index (Phi) is 5.71. The minimum Gasteiger partial charge on any atom is -0.351 e. The lowest BCUT2D eigenvalue weighted by molar-refractivity contribution is -0.133. The fourth-order valence-electron chi connectivity index (χ4n) is 4.56. The molecule has 8 heteroatoms. The van der Waals surface area contributed by atoms with Gasteiger partial charge in [0.15, 0.2) is 0 Å². The summed E-state index contributed by atoms with van der Waals surface area (Å²) < 4.78 is 0. The normalized spacial score (nSPS) is 20.2. The minimum atomic E-state index is -0.328. The number of piperazine rings is 1. The first kappa shape index (κ1) is 19.7. The number of piperidine rings is 1. The molecule has 3 amide bonds. The number of urea groups is 1. The Hall–Kier alpha value is -2.61. The third-order valence-corrected chi connectivity index (χ3v) is 6.47. The summed E-state index contributed by atoms with van der Waals surface area (Å²) in [6.07, 6.45) is 4.35. The van der Waals surface area contributed by atoms with Gasteiger partial charge in [0.25, 0.3) is 0 Å². The molecule has 1 unspecified atom stereocenters. The van der Waals surface area contributed by atoms with Crippen LogP contribution in [0.4, 0.5) is 4.79 Å². The molecule has 29 heavy (non-hydrogen) atoms. The van der Waals surface area contributed by atoms with Crippen LogP contribution in [0.1, 0.15) is 37.7 Å². The van der Waals surface area contributed by atoms with Crippen molar-refractivity contribution < 1.29 is 9.59 Å². The van der Waals surface area contributed by atoms with E-state index < -0.39 is 0 Å². The molecule has 0 radical (unpaired) electrons. The Morgan fingerprint density at radius 2 is 1.86 bits per heavy atom. The molecule has 0 bridgehead atoms. The molecule has 0 aliphatic carbocycles. The lowest BCUT2D eigenvalue weighted by Crippen LogP contribution is -2.55. The largest absolute Gasteiger partial charge is 0.351 e. The Morgan fingerprint density at radius 3 is 2.55 bits per heavy atom. The van der Waals surface area contributed by atoms with Crippen molar-refractivity contribution in [1.29, 1.82) is 0 Å². The van der Waals surface area contributed by atoms with Gasteiger partial charge in [-0.15, -0.1) is 0 Å². The number of primary amides is 1. The van der Waals surface area contributed by atoms with Crippen LogP contribution in [0.2, 0.25) is 0 Å². The monoisotopic (exact) mass is 398 g/mol. The summed E-state index contributed by atoms with van der Waals surface area (Å²) in [7, 11) is 0. The molecular weight excluding hydrogens is 368 g/mol. The maximum Gasteiger partial charge on any atom is 0.314 e. The summed E-state index contributed by atoms with van der Waals surface area (Å²) in [5.41, 5.74) is 7.56. The van der Waals surface area contributed by atoms with Gasteiger partial charge in [-0.1, -0.05) is 13.0 Å². The zero-order valence-electron chi connectivity index (χ0n) is 17.0. The molecule has 2 aliphatic rings. The molecule has 8 nitrogen and oxygen atoms in total. The van der Waals surface area contributed by atoms with Crippen molar-refractivity contribution in [3.63, 3.8) is 0 Å². The summed E-state index contributed by atoms with van der Waals surface area (Å²) >= 11 is 0. The van der Waals surface area contributed by atoms with Crippen LogP contribution in [0.3, 0.4) is 0 Å². The number of nitrogens with two attached hydrogens (primary N) is 1. The van der Waals surface area contributed by atoms with E-state index in [-0.39, 0.29) is 17.9 Å². The lowest BCUT2D eigenvalue weighted by Gasteiger charge is -2.42. The van der Waals surface area contributed by atoms with Crippen LogP contribution in [-0.2, 0) is 4.79 Å². The first-order chi connectivity index (χ1) is 14.0. The summed E-state index contributed by atoms with van der Waals surface area (Å²) in [6, 6.07) is 6.40. The smallest absolute Gasteiger partial charge is 0.314 e. The van der Waals surface area contributed by atoms with Gasteiger partial charge in [0.1, 0.15) is 0 Å². The predicted octanol–water partition coefficient (Wildman–Crippen LogP) is 1.74. The Bertz CT molecular complexity index is 865. The van der Waals surface area contributed by atoms with Crippen LogP contribution in [0.5, 0.6) is 0 Å². The van der Waals surface area contributed by atoms with Crippen molar-refractivity contribution in [2.75, 3.05) is 39.3 Å². The molecule has 0 saturated carbocycles. The SMILES string of the molecule is CC(CC(=O)N1CCC(N2CCN(C(N)=O)CC2)CC1)c1ccc2[nH]ncc2c1. The second-order valence-electron chi connectivity index (χ2n) is 8.30. The molecule has 156 valence electrons. The van der Waals surface area contributed by atoms with Crippen LogP contribution >= 0.6 is 0 Å². The number of aromatic nitrogens is 2. The number of nitrogens with one attached hydrogen (secondary N) is 1. The highest BCUT2D eigenvalue weighted by atomic mass is 16.2. The zero-order valence-corrected chi connectivity index (χ0v) is 17.0. The van der Waals surface area contributed by atoms with Crippen LogP contribution < -0.4 is 5.73 Å². The number of carbonyl (C=O) groups is 2. The standard InChI is InChI=1S/C21H30N6O2/c1-15(16-2-3-19-17(13-16)14-23-24-19)12-20(28)26-6-4-18(5-7-26)25-8-10-27(11-9-25)21(22)29/h2-3,13-15,18H,4-12H2,1H3,(H2,22,29)(H,23,24). The Labute approximate surface area is 171 Å². The van der Waals surface area contributed by atoms with Crippen LogP contribution in [0.25, 0.3) is 10.9 Å². The Morgan fingerprint density at radius 1 is 1.14 bits per heavy atom. The molecule has 4 rings (SSSR count). The highest BCUT2D eigenvalue weighted by Crippen LogP contribution is 2.25. The maximum atomic E-state index is 12.8. The van der Waals surface area contributed by atoms with Gasteiger partial charge >= 0.3 is 6.03 Å². The van der Waals surface area contributed by atoms with Crippen molar-refractivity contribution >= 4 is 22.8 Å². The molecule has 1 atom stereocenters. The van der Waals surface area contributed by atoms with Gasteiger partial charge in [0.05, 0.1) is 11.7 Å². The van der Waals surface area contributed by atoms with E-state index in [1.165, 1.54) is 5.56 Å². The van der Waals surface area contributed by atoms with E-state index in [0.29, 0.717) is 25.6 Å². The van der Waals surface area contributed by atoms with E-state index in [1.807, 2.05) is 17.2 Å². The Balaban J connectivity index is 1.26. The fraction of sp³-hybridized carbons (Fsp3) is 0.571. The summed E-state index contributed by atoms with van der Waals surface area (Å²) in [5.74, 6) is 0.420. The van der Waals surface area contributed by atoms with Gasteiger partial charge in [-0.05, 0) is 36.5 Å². The number of H-pyrrole nitrogens is 1. The van der Waals surface area contributed by atoms with E-state index in [4.69, 9.17) is 5.73 Å². The number of carbonyl (C=O) groups excluding carboxylic acids is 2. The highest BCUT2D eigenvalue weighted by molar-refractivity contribution is 5.80. The van der Waals surface area contributed by atoms with Crippen molar-refractivity contribution in [2.24, 2.45) is 5.73 Å². The average molecular weight is 399 g/mol. The average Bonchev–Trinajstić information content (AvgIpc) is 3.21. The number of amides is 3. The van der Waals surface area contributed by atoms with Gasteiger partial charge < -0.3 is 15.5 Å². The molecule has 3 heterocycles. The number of likely N-dealkylation sites (tertiary alicyclic amines) is 1. The van der Waals surface area contributed by atoms with Gasteiger partial charge in [-0.3, -0.25) is 14.8 Å².